The molecule has 1 aromatic carbocycles. The summed E-state index contributed by atoms with van der Waals surface area (Å²) >= 11 is 6.86. The number of nitrogens with two attached hydrogens (primary N) is 1. The van der Waals surface area contributed by atoms with Crippen molar-refractivity contribution in [1.82, 2.24) is 4.90 Å². The molecule has 0 bridgehead atoms. The number of nitrogen functional groups attached to an aromatic ring is 1. The predicted octanol–water partition coefficient (Wildman–Crippen LogP) is 3.77. The average molecular weight is 323 g/mol. The third kappa shape index (κ3) is 2.99. The molecule has 108 valence electrons. The van der Waals surface area contributed by atoms with Gasteiger partial charge in [0, 0.05) is 22.2 Å². The van der Waals surface area contributed by atoms with Crippen molar-refractivity contribution in [3.63, 3.8) is 0 Å². The van der Waals surface area contributed by atoms with Gasteiger partial charge >= 0.3 is 6.18 Å². The van der Waals surface area contributed by atoms with Crippen molar-refractivity contribution in [2.75, 3.05) is 19.3 Å². The summed E-state index contributed by atoms with van der Waals surface area (Å²) in [4.78, 5) is 12.7. The second kappa shape index (κ2) is 5.14. The molecule has 0 atom stereocenters. The van der Waals surface area contributed by atoms with Crippen molar-refractivity contribution >= 4 is 44.6 Å². The van der Waals surface area contributed by atoms with Gasteiger partial charge in [-0.1, -0.05) is 11.6 Å². The van der Waals surface area contributed by atoms with Crippen molar-refractivity contribution in [2.45, 2.75) is 6.18 Å². The van der Waals surface area contributed by atoms with E-state index in [0.717, 1.165) is 18.4 Å². The fourth-order valence-electron chi connectivity index (χ4n) is 1.76. The van der Waals surface area contributed by atoms with Crippen LogP contribution in [0.25, 0.3) is 10.1 Å². The normalized spacial score (nSPS) is 11.8. The molecule has 1 aromatic heterocycles. The Morgan fingerprint density at radius 2 is 2.10 bits per heavy atom. The number of thiophene rings is 1. The van der Waals surface area contributed by atoms with E-state index < -0.39 is 18.6 Å². The van der Waals surface area contributed by atoms with Gasteiger partial charge in [-0.25, -0.2) is 0 Å². The molecule has 3 nitrogen and oxygen atoms in total. The molecule has 0 aliphatic rings. The Bertz CT molecular complexity index is 669. The van der Waals surface area contributed by atoms with E-state index in [1.54, 1.807) is 18.2 Å². The highest BCUT2D eigenvalue weighted by Gasteiger charge is 2.32. The molecule has 2 N–H and O–H groups in total. The number of amides is 1. The van der Waals surface area contributed by atoms with E-state index in [-0.39, 0.29) is 10.6 Å². The number of hydrogen-bond acceptors (Lipinski definition) is 3. The number of carbonyl (C=O) groups is 1. The summed E-state index contributed by atoms with van der Waals surface area (Å²) in [7, 11) is 1.09. The number of halogens is 4. The summed E-state index contributed by atoms with van der Waals surface area (Å²) in [5.74, 6) is -0.753. The van der Waals surface area contributed by atoms with Gasteiger partial charge in [0.25, 0.3) is 5.91 Å². The molecule has 2 aromatic rings. The quantitative estimate of drug-likeness (QED) is 0.914. The van der Waals surface area contributed by atoms with Gasteiger partial charge in [-0.15, -0.1) is 11.3 Å². The number of carbonyl (C=O) groups excluding carboxylic acids is 1. The summed E-state index contributed by atoms with van der Waals surface area (Å²) in [5.41, 5.74) is 6.01. The number of hydrogen-bond donors (Lipinski definition) is 1. The van der Waals surface area contributed by atoms with Crippen LogP contribution in [0.1, 0.15) is 9.67 Å². The van der Waals surface area contributed by atoms with E-state index in [4.69, 9.17) is 17.3 Å². The van der Waals surface area contributed by atoms with Gasteiger partial charge < -0.3 is 10.6 Å². The van der Waals surface area contributed by atoms with Crippen LogP contribution in [0.3, 0.4) is 0 Å². The third-order valence-corrected chi connectivity index (χ3v) is 4.04. The van der Waals surface area contributed by atoms with Crippen LogP contribution in [0.4, 0.5) is 18.9 Å². The lowest BCUT2D eigenvalue weighted by Gasteiger charge is -2.18. The first-order valence-electron chi connectivity index (χ1n) is 5.49. The monoisotopic (exact) mass is 322 g/mol. The molecular formula is C12H10ClF3N2OS. The number of anilines is 1. The van der Waals surface area contributed by atoms with Crippen LogP contribution in [-0.4, -0.2) is 30.6 Å². The van der Waals surface area contributed by atoms with Crippen LogP contribution in [0.5, 0.6) is 0 Å². The molecule has 2 rings (SSSR count). The molecule has 1 heterocycles. The summed E-state index contributed by atoms with van der Waals surface area (Å²) in [6, 6.07) is 4.88. The minimum atomic E-state index is -4.45. The molecule has 0 saturated carbocycles. The van der Waals surface area contributed by atoms with Crippen molar-refractivity contribution in [3.05, 3.63) is 28.1 Å². The topological polar surface area (TPSA) is 46.3 Å². The number of rotatable bonds is 2. The number of nitrogens with zero attached hydrogens (tertiary/aromatic N) is 1. The number of alkyl halides is 3. The molecule has 1 amide bonds. The standard InChI is InChI=1S/C12H10ClF3N2OS/c1-18(5-12(14,15)16)11(19)10-9(17)7-3-2-6(13)4-8(7)20-10/h2-4H,5,17H2,1H3. The van der Waals surface area contributed by atoms with Crippen molar-refractivity contribution < 1.29 is 18.0 Å². The molecule has 20 heavy (non-hydrogen) atoms. The molecule has 0 aliphatic heterocycles. The zero-order chi connectivity index (χ0) is 15.1. The first kappa shape index (κ1) is 14.9. The molecule has 0 radical (unpaired) electrons. The van der Waals surface area contributed by atoms with Gasteiger partial charge in [0.15, 0.2) is 0 Å². The smallest absolute Gasteiger partial charge is 0.397 e. The van der Waals surface area contributed by atoms with E-state index in [1.165, 1.54) is 0 Å². The molecule has 0 unspecified atom stereocenters. The Kier molecular flexibility index (Phi) is 3.84. The maximum absolute atomic E-state index is 12.3. The highest BCUT2D eigenvalue weighted by atomic mass is 35.5. The van der Waals surface area contributed by atoms with Crippen LogP contribution in [-0.2, 0) is 0 Å². The highest BCUT2D eigenvalue weighted by Crippen LogP contribution is 2.36. The van der Waals surface area contributed by atoms with E-state index in [1.807, 2.05) is 0 Å². The van der Waals surface area contributed by atoms with Gasteiger partial charge in [-0.05, 0) is 18.2 Å². The lowest BCUT2D eigenvalue weighted by atomic mass is 10.2. The molecule has 0 aliphatic carbocycles. The van der Waals surface area contributed by atoms with Crippen LogP contribution in [0.15, 0.2) is 18.2 Å². The van der Waals surface area contributed by atoms with E-state index in [0.29, 0.717) is 20.0 Å². The summed E-state index contributed by atoms with van der Waals surface area (Å²) in [5, 5.41) is 1.09. The third-order valence-electron chi connectivity index (χ3n) is 2.65. The van der Waals surface area contributed by atoms with Gasteiger partial charge in [0.1, 0.15) is 11.4 Å². The van der Waals surface area contributed by atoms with E-state index in [2.05, 4.69) is 0 Å². The maximum Gasteiger partial charge on any atom is 0.406 e. The zero-order valence-corrected chi connectivity index (χ0v) is 11.9. The van der Waals surface area contributed by atoms with Gasteiger partial charge in [0.2, 0.25) is 0 Å². The second-order valence-corrected chi connectivity index (χ2v) is 5.75. The first-order valence-corrected chi connectivity index (χ1v) is 6.68. The van der Waals surface area contributed by atoms with Crippen molar-refractivity contribution in [3.8, 4) is 0 Å². The average Bonchev–Trinajstić information content (AvgIpc) is 2.63. The van der Waals surface area contributed by atoms with Crippen LogP contribution in [0, 0.1) is 0 Å². The van der Waals surface area contributed by atoms with Gasteiger partial charge in [0.05, 0.1) is 5.69 Å². The summed E-state index contributed by atoms with van der Waals surface area (Å²) in [6.07, 6.45) is -4.45. The molecule has 8 heteroatoms. The number of benzene rings is 1. The largest absolute Gasteiger partial charge is 0.406 e. The molecule has 0 saturated heterocycles. The Morgan fingerprint density at radius 3 is 2.70 bits per heavy atom. The summed E-state index contributed by atoms with van der Waals surface area (Å²) < 4.78 is 37.6. The highest BCUT2D eigenvalue weighted by molar-refractivity contribution is 7.21. The molecule has 0 spiro atoms. The zero-order valence-electron chi connectivity index (χ0n) is 10.3. The van der Waals surface area contributed by atoms with Crippen LogP contribution < -0.4 is 5.73 Å². The molecule has 0 fully saturated rings. The van der Waals surface area contributed by atoms with Gasteiger partial charge in [-0.3, -0.25) is 4.79 Å². The van der Waals surface area contributed by atoms with Crippen molar-refractivity contribution in [2.24, 2.45) is 0 Å². The Hall–Kier alpha value is -1.47. The fraction of sp³-hybridized carbons (Fsp3) is 0.250. The van der Waals surface area contributed by atoms with Crippen molar-refractivity contribution in [1.29, 1.82) is 0 Å². The Balaban J connectivity index is 2.37. The lowest BCUT2D eigenvalue weighted by Crippen LogP contribution is -2.35. The van der Waals surface area contributed by atoms with E-state index >= 15 is 0 Å². The fourth-order valence-corrected chi connectivity index (χ4v) is 3.16. The minimum Gasteiger partial charge on any atom is -0.397 e. The van der Waals surface area contributed by atoms with Gasteiger partial charge in [-0.2, -0.15) is 13.2 Å². The predicted molar refractivity (Wildman–Crippen MR) is 74.3 cm³/mol. The SMILES string of the molecule is CN(CC(F)(F)F)C(=O)c1sc2cc(Cl)ccc2c1N. The maximum atomic E-state index is 12.3. The Morgan fingerprint density at radius 1 is 1.45 bits per heavy atom. The molecular weight excluding hydrogens is 313 g/mol. The second-order valence-electron chi connectivity index (χ2n) is 4.26. The Labute approximate surface area is 121 Å². The van der Waals surface area contributed by atoms with E-state index in [9.17, 15) is 18.0 Å². The van der Waals surface area contributed by atoms with Crippen LogP contribution >= 0.6 is 22.9 Å². The first-order chi connectivity index (χ1) is 9.19. The summed E-state index contributed by atoms with van der Waals surface area (Å²) in [6.45, 7) is -1.32. The number of fused-ring (bicyclic) bond motifs is 1. The van der Waals surface area contributed by atoms with Crippen LogP contribution in [0.2, 0.25) is 5.02 Å². The minimum absolute atomic E-state index is 0.0917. The lowest BCUT2D eigenvalue weighted by molar-refractivity contribution is -0.138.